The molecule has 1 saturated carbocycles. The summed E-state index contributed by atoms with van der Waals surface area (Å²) in [7, 11) is 0. The van der Waals surface area contributed by atoms with Gasteiger partial charge in [-0.15, -0.1) is 0 Å². The number of hydrogen-bond donors (Lipinski definition) is 2. The number of halogens is 2. The van der Waals surface area contributed by atoms with Crippen molar-refractivity contribution in [1.29, 1.82) is 0 Å². The quantitative estimate of drug-likeness (QED) is 0.868. The first-order valence-corrected chi connectivity index (χ1v) is 7.95. The molecule has 1 aliphatic heterocycles. The Morgan fingerprint density at radius 2 is 1.84 bits per heavy atom. The van der Waals surface area contributed by atoms with Crippen LogP contribution >= 0.6 is 23.2 Å². The van der Waals surface area contributed by atoms with Crippen molar-refractivity contribution in [2.24, 2.45) is 5.92 Å². The normalized spacial score (nSPS) is 30.7. The Balaban J connectivity index is 1.74. The lowest BCUT2D eigenvalue weighted by Crippen LogP contribution is -2.38. The molecule has 4 heteroatoms. The van der Waals surface area contributed by atoms with Crippen molar-refractivity contribution in [3.05, 3.63) is 28.2 Å². The van der Waals surface area contributed by atoms with Gasteiger partial charge in [0.15, 0.2) is 0 Å². The summed E-state index contributed by atoms with van der Waals surface area (Å²) in [5.41, 5.74) is 0.903. The van der Waals surface area contributed by atoms with Crippen molar-refractivity contribution >= 4 is 28.9 Å². The molecule has 1 saturated heterocycles. The first-order valence-electron chi connectivity index (χ1n) is 7.19. The second-order valence-corrected chi connectivity index (χ2v) is 6.46. The lowest BCUT2D eigenvalue weighted by atomic mass is 9.93. The summed E-state index contributed by atoms with van der Waals surface area (Å²) in [6, 6.07) is 6.84. The van der Waals surface area contributed by atoms with Crippen LogP contribution in [-0.2, 0) is 0 Å². The molecule has 104 valence electrons. The number of benzene rings is 1. The minimum atomic E-state index is 0.494. The smallest absolute Gasteiger partial charge is 0.0721 e. The molecular formula is C15H20Cl2N2. The molecule has 0 aromatic heterocycles. The summed E-state index contributed by atoms with van der Waals surface area (Å²) < 4.78 is 0. The van der Waals surface area contributed by atoms with Gasteiger partial charge in [-0.05, 0) is 50.3 Å². The second-order valence-electron chi connectivity index (χ2n) is 5.65. The van der Waals surface area contributed by atoms with E-state index in [4.69, 9.17) is 23.2 Å². The molecule has 3 unspecified atom stereocenters. The van der Waals surface area contributed by atoms with E-state index in [0.29, 0.717) is 18.0 Å². The Labute approximate surface area is 124 Å². The Morgan fingerprint density at radius 3 is 2.53 bits per heavy atom. The summed E-state index contributed by atoms with van der Waals surface area (Å²) in [5, 5.41) is 8.68. The Kier molecular flexibility index (Phi) is 4.21. The fraction of sp³-hybridized carbons (Fsp3) is 0.600. The van der Waals surface area contributed by atoms with Gasteiger partial charge >= 0.3 is 0 Å². The van der Waals surface area contributed by atoms with E-state index in [9.17, 15) is 0 Å². The summed E-state index contributed by atoms with van der Waals surface area (Å²) in [4.78, 5) is 0. The van der Waals surface area contributed by atoms with Crippen LogP contribution in [-0.4, -0.2) is 18.6 Å². The van der Waals surface area contributed by atoms with Crippen LogP contribution < -0.4 is 10.6 Å². The highest BCUT2D eigenvalue weighted by Crippen LogP contribution is 2.37. The van der Waals surface area contributed by atoms with Crippen molar-refractivity contribution in [3.63, 3.8) is 0 Å². The largest absolute Gasteiger partial charge is 0.380 e. The summed E-state index contributed by atoms with van der Waals surface area (Å²) in [6.45, 7) is 1.17. The Hall–Kier alpha value is -0.440. The highest BCUT2D eigenvalue weighted by Gasteiger charge is 2.35. The molecule has 2 aliphatic rings. The van der Waals surface area contributed by atoms with Crippen LogP contribution in [0.3, 0.4) is 0 Å². The third kappa shape index (κ3) is 2.86. The highest BCUT2D eigenvalue weighted by atomic mass is 35.5. The predicted molar refractivity (Wildman–Crippen MR) is 82.2 cm³/mol. The van der Waals surface area contributed by atoms with Crippen LogP contribution in [0.4, 0.5) is 5.69 Å². The number of nitrogens with one attached hydrogen (secondary N) is 2. The van der Waals surface area contributed by atoms with Crippen LogP contribution in [0.1, 0.15) is 32.1 Å². The van der Waals surface area contributed by atoms with Crippen LogP contribution in [0.25, 0.3) is 0 Å². The zero-order chi connectivity index (χ0) is 13.2. The third-order valence-corrected chi connectivity index (χ3v) is 5.11. The standard InChI is InChI=1S/C15H20Cl2N2/c16-11-5-2-6-12(17)15(11)19-14-7-1-4-10(14)13-8-3-9-18-13/h2,5-6,10,13-14,18-19H,1,3-4,7-9H2. The van der Waals surface area contributed by atoms with Crippen molar-refractivity contribution in [2.75, 3.05) is 11.9 Å². The monoisotopic (exact) mass is 298 g/mol. The second kappa shape index (κ2) is 5.90. The first kappa shape index (κ1) is 13.5. The molecule has 2 N–H and O–H groups in total. The van der Waals surface area contributed by atoms with E-state index in [1.54, 1.807) is 0 Å². The van der Waals surface area contributed by atoms with Gasteiger partial charge in [-0.3, -0.25) is 0 Å². The zero-order valence-electron chi connectivity index (χ0n) is 11.0. The van der Waals surface area contributed by atoms with Gasteiger partial charge in [0.2, 0.25) is 0 Å². The zero-order valence-corrected chi connectivity index (χ0v) is 12.5. The highest BCUT2D eigenvalue weighted by molar-refractivity contribution is 6.39. The molecule has 3 rings (SSSR count). The molecule has 2 nitrogen and oxygen atoms in total. The molecular weight excluding hydrogens is 279 g/mol. The van der Waals surface area contributed by atoms with Gasteiger partial charge in [-0.1, -0.05) is 35.7 Å². The van der Waals surface area contributed by atoms with Gasteiger partial charge in [0.05, 0.1) is 15.7 Å². The first-order chi connectivity index (χ1) is 9.25. The van der Waals surface area contributed by atoms with E-state index < -0.39 is 0 Å². The topological polar surface area (TPSA) is 24.1 Å². The van der Waals surface area contributed by atoms with Crippen LogP contribution in [0.5, 0.6) is 0 Å². The SMILES string of the molecule is Clc1cccc(Cl)c1NC1CCCC1C1CCCN1. The maximum absolute atomic E-state index is 6.25. The molecule has 0 radical (unpaired) electrons. The van der Waals surface area contributed by atoms with Gasteiger partial charge in [-0.25, -0.2) is 0 Å². The maximum Gasteiger partial charge on any atom is 0.0721 e. The lowest BCUT2D eigenvalue weighted by molar-refractivity contribution is 0.376. The Bertz CT molecular complexity index is 424. The van der Waals surface area contributed by atoms with Crippen LogP contribution in [0.15, 0.2) is 18.2 Å². The van der Waals surface area contributed by atoms with Gasteiger partial charge in [0.25, 0.3) is 0 Å². The molecule has 1 heterocycles. The fourth-order valence-electron chi connectivity index (χ4n) is 3.55. The van der Waals surface area contributed by atoms with Gasteiger partial charge < -0.3 is 10.6 Å². The van der Waals surface area contributed by atoms with E-state index in [1.807, 2.05) is 18.2 Å². The lowest BCUT2D eigenvalue weighted by Gasteiger charge is -2.28. The number of hydrogen-bond acceptors (Lipinski definition) is 2. The molecule has 0 spiro atoms. The molecule has 1 aromatic carbocycles. The number of anilines is 1. The van der Waals surface area contributed by atoms with Gasteiger partial charge in [-0.2, -0.15) is 0 Å². The minimum Gasteiger partial charge on any atom is -0.380 e. The summed E-state index contributed by atoms with van der Waals surface area (Å²) >= 11 is 12.5. The molecule has 1 aliphatic carbocycles. The molecule has 1 aromatic rings. The van der Waals surface area contributed by atoms with E-state index in [0.717, 1.165) is 15.7 Å². The number of rotatable bonds is 3. The van der Waals surface area contributed by atoms with E-state index in [1.165, 1.54) is 38.6 Å². The van der Waals surface area contributed by atoms with Gasteiger partial charge in [0.1, 0.15) is 0 Å². The van der Waals surface area contributed by atoms with Crippen LogP contribution in [0.2, 0.25) is 10.0 Å². The van der Waals surface area contributed by atoms with E-state index >= 15 is 0 Å². The summed E-state index contributed by atoms with van der Waals surface area (Å²) in [6.07, 6.45) is 6.42. The molecule has 0 bridgehead atoms. The average Bonchev–Trinajstić information content (AvgIpc) is 3.04. The fourth-order valence-corrected chi connectivity index (χ4v) is 4.05. The van der Waals surface area contributed by atoms with Crippen molar-refractivity contribution in [3.8, 4) is 0 Å². The molecule has 19 heavy (non-hydrogen) atoms. The van der Waals surface area contributed by atoms with Crippen LogP contribution in [0, 0.1) is 5.92 Å². The third-order valence-electron chi connectivity index (χ3n) is 4.48. The minimum absolute atomic E-state index is 0.494. The maximum atomic E-state index is 6.25. The van der Waals surface area contributed by atoms with Crippen molar-refractivity contribution in [2.45, 2.75) is 44.2 Å². The number of para-hydroxylation sites is 1. The predicted octanol–water partition coefficient (Wildman–Crippen LogP) is 4.33. The van der Waals surface area contributed by atoms with Crippen molar-refractivity contribution in [1.82, 2.24) is 5.32 Å². The van der Waals surface area contributed by atoms with E-state index in [2.05, 4.69) is 10.6 Å². The van der Waals surface area contributed by atoms with Crippen molar-refractivity contribution < 1.29 is 0 Å². The van der Waals surface area contributed by atoms with Gasteiger partial charge in [0, 0.05) is 12.1 Å². The molecule has 0 amide bonds. The molecule has 2 fully saturated rings. The Morgan fingerprint density at radius 1 is 1.05 bits per heavy atom. The summed E-state index contributed by atoms with van der Waals surface area (Å²) in [5.74, 6) is 0.704. The molecule has 3 atom stereocenters. The van der Waals surface area contributed by atoms with E-state index in [-0.39, 0.29) is 0 Å². The average molecular weight is 299 g/mol.